The molecule has 0 fully saturated rings. The standard InChI is InChI=1S/C9H10BrNO/c1-2-3-6-11-7-8(10)4-5-9(11)12/h2,4-5,7H,1,3,6H2. The van der Waals surface area contributed by atoms with Crippen LogP contribution in [-0.2, 0) is 6.54 Å². The van der Waals surface area contributed by atoms with Gasteiger partial charge in [0.25, 0.3) is 5.56 Å². The van der Waals surface area contributed by atoms with Crippen molar-refractivity contribution in [3.63, 3.8) is 0 Å². The molecule has 2 nitrogen and oxygen atoms in total. The highest BCUT2D eigenvalue weighted by Gasteiger charge is 1.94. The second-order valence-corrected chi connectivity index (χ2v) is 3.37. The van der Waals surface area contributed by atoms with Crippen molar-refractivity contribution in [2.45, 2.75) is 13.0 Å². The fourth-order valence-corrected chi connectivity index (χ4v) is 1.29. The summed E-state index contributed by atoms with van der Waals surface area (Å²) in [7, 11) is 0. The molecule has 0 N–H and O–H groups in total. The molecule has 0 aliphatic rings. The van der Waals surface area contributed by atoms with E-state index in [1.54, 1.807) is 29.0 Å². The van der Waals surface area contributed by atoms with Gasteiger partial charge in [0.05, 0.1) is 0 Å². The summed E-state index contributed by atoms with van der Waals surface area (Å²) in [5.41, 5.74) is 0.0278. The fourth-order valence-electron chi connectivity index (χ4n) is 0.907. The van der Waals surface area contributed by atoms with Crippen molar-refractivity contribution in [2.75, 3.05) is 0 Å². The molecule has 0 aliphatic carbocycles. The Labute approximate surface area is 79.7 Å². The van der Waals surface area contributed by atoms with Crippen LogP contribution >= 0.6 is 15.9 Å². The van der Waals surface area contributed by atoms with E-state index in [0.717, 1.165) is 10.9 Å². The molecule has 0 unspecified atom stereocenters. The lowest BCUT2D eigenvalue weighted by Gasteiger charge is -2.02. The van der Waals surface area contributed by atoms with Gasteiger partial charge in [-0.3, -0.25) is 4.79 Å². The third-order valence-corrected chi connectivity index (χ3v) is 1.99. The van der Waals surface area contributed by atoms with E-state index in [1.807, 2.05) is 0 Å². The van der Waals surface area contributed by atoms with Gasteiger partial charge in [-0.2, -0.15) is 0 Å². The molecule has 0 aliphatic heterocycles. The van der Waals surface area contributed by atoms with E-state index in [2.05, 4.69) is 22.5 Å². The number of hydrogen-bond donors (Lipinski definition) is 0. The number of halogens is 1. The first-order valence-electron chi connectivity index (χ1n) is 3.71. The van der Waals surface area contributed by atoms with Crippen LogP contribution in [0.4, 0.5) is 0 Å². The second-order valence-electron chi connectivity index (χ2n) is 2.46. The third-order valence-electron chi connectivity index (χ3n) is 1.52. The molecule has 0 saturated carbocycles. The SMILES string of the molecule is C=CCCn1cc(Br)ccc1=O. The van der Waals surface area contributed by atoms with Crippen LogP contribution in [-0.4, -0.2) is 4.57 Å². The zero-order valence-corrected chi connectivity index (χ0v) is 8.25. The molecule has 12 heavy (non-hydrogen) atoms. The summed E-state index contributed by atoms with van der Waals surface area (Å²) in [6, 6.07) is 3.29. The van der Waals surface area contributed by atoms with Crippen molar-refractivity contribution in [1.29, 1.82) is 0 Å². The molecule has 0 saturated heterocycles. The van der Waals surface area contributed by atoms with Gasteiger partial charge in [0, 0.05) is 23.3 Å². The van der Waals surface area contributed by atoms with E-state index < -0.39 is 0 Å². The molecule has 0 amide bonds. The molecule has 0 atom stereocenters. The van der Waals surface area contributed by atoms with Gasteiger partial charge >= 0.3 is 0 Å². The summed E-state index contributed by atoms with van der Waals surface area (Å²) >= 11 is 3.30. The Morgan fingerprint density at radius 1 is 1.58 bits per heavy atom. The van der Waals surface area contributed by atoms with Gasteiger partial charge in [0.15, 0.2) is 0 Å². The van der Waals surface area contributed by atoms with Gasteiger partial charge < -0.3 is 4.57 Å². The number of nitrogens with zero attached hydrogens (tertiary/aromatic N) is 1. The Morgan fingerprint density at radius 3 is 3.00 bits per heavy atom. The molecule has 0 bridgehead atoms. The third kappa shape index (κ3) is 2.34. The lowest BCUT2D eigenvalue weighted by atomic mass is 10.4. The van der Waals surface area contributed by atoms with Crippen molar-refractivity contribution >= 4 is 15.9 Å². The Hall–Kier alpha value is -0.830. The summed E-state index contributed by atoms with van der Waals surface area (Å²) in [4.78, 5) is 11.2. The van der Waals surface area contributed by atoms with Crippen LogP contribution in [0.1, 0.15) is 6.42 Å². The van der Waals surface area contributed by atoms with Crippen LogP contribution in [0.5, 0.6) is 0 Å². The van der Waals surface area contributed by atoms with Crippen LogP contribution in [0.2, 0.25) is 0 Å². The largest absolute Gasteiger partial charge is 0.314 e. The Morgan fingerprint density at radius 2 is 2.33 bits per heavy atom. The maximum Gasteiger partial charge on any atom is 0.250 e. The maximum atomic E-state index is 11.2. The highest BCUT2D eigenvalue weighted by molar-refractivity contribution is 9.10. The van der Waals surface area contributed by atoms with Crippen LogP contribution < -0.4 is 5.56 Å². The molecule has 64 valence electrons. The minimum absolute atomic E-state index is 0.0278. The monoisotopic (exact) mass is 227 g/mol. The number of allylic oxidation sites excluding steroid dienone is 1. The predicted molar refractivity (Wildman–Crippen MR) is 53.2 cm³/mol. The smallest absolute Gasteiger partial charge is 0.250 e. The molecule has 1 rings (SSSR count). The Balaban J connectivity index is 2.89. The minimum Gasteiger partial charge on any atom is -0.314 e. The van der Waals surface area contributed by atoms with Gasteiger partial charge in [0.2, 0.25) is 0 Å². The summed E-state index contributed by atoms with van der Waals surface area (Å²) in [6.45, 7) is 4.30. The van der Waals surface area contributed by atoms with Crippen LogP contribution in [0, 0.1) is 0 Å². The average molecular weight is 228 g/mol. The van der Waals surface area contributed by atoms with Crippen molar-refractivity contribution in [3.8, 4) is 0 Å². The second kappa shape index (κ2) is 4.26. The minimum atomic E-state index is 0.0278. The molecular formula is C9H10BrNO. The molecule has 0 radical (unpaired) electrons. The average Bonchev–Trinajstić information content (AvgIpc) is 2.07. The predicted octanol–water partition coefficient (Wildman–Crippen LogP) is 2.19. The Bertz CT molecular complexity index is 330. The fraction of sp³-hybridized carbons (Fsp3) is 0.222. The number of aromatic nitrogens is 1. The van der Waals surface area contributed by atoms with Gasteiger partial charge in [-0.25, -0.2) is 0 Å². The van der Waals surface area contributed by atoms with E-state index >= 15 is 0 Å². The molecule has 0 spiro atoms. The summed E-state index contributed by atoms with van der Waals surface area (Å²) in [5.74, 6) is 0. The molecular weight excluding hydrogens is 218 g/mol. The molecule has 1 heterocycles. The zero-order chi connectivity index (χ0) is 8.97. The molecule has 0 aromatic carbocycles. The van der Waals surface area contributed by atoms with Crippen molar-refractivity contribution in [3.05, 3.63) is 45.8 Å². The first kappa shape index (κ1) is 9.26. The van der Waals surface area contributed by atoms with Crippen molar-refractivity contribution in [1.82, 2.24) is 4.57 Å². The normalized spacial score (nSPS) is 9.75. The van der Waals surface area contributed by atoms with Crippen molar-refractivity contribution < 1.29 is 0 Å². The van der Waals surface area contributed by atoms with Gasteiger partial charge in [-0.05, 0) is 28.4 Å². The van der Waals surface area contributed by atoms with Gasteiger partial charge in [-0.1, -0.05) is 6.08 Å². The highest BCUT2D eigenvalue weighted by Crippen LogP contribution is 2.04. The lowest BCUT2D eigenvalue weighted by molar-refractivity contribution is 0.679. The van der Waals surface area contributed by atoms with Gasteiger partial charge in [-0.15, -0.1) is 6.58 Å². The van der Waals surface area contributed by atoms with E-state index in [9.17, 15) is 4.79 Å². The van der Waals surface area contributed by atoms with E-state index in [0.29, 0.717) is 6.54 Å². The van der Waals surface area contributed by atoms with Crippen LogP contribution in [0.25, 0.3) is 0 Å². The molecule has 1 aromatic rings. The topological polar surface area (TPSA) is 22.0 Å². The Kier molecular flexibility index (Phi) is 3.29. The summed E-state index contributed by atoms with van der Waals surface area (Å²) in [6.07, 6.45) is 4.40. The first-order chi connectivity index (χ1) is 5.74. The lowest BCUT2D eigenvalue weighted by Crippen LogP contribution is -2.17. The maximum absolute atomic E-state index is 11.2. The number of pyridine rings is 1. The summed E-state index contributed by atoms with van der Waals surface area (Å²) in [5, 5.41) is 0. The van der Waals surface area contributed by atoms with Crippen LogP contribution in [0.15, 0.2) is 40.3 Å². The molecule has 3 heteroatoms. The highest BCUT2D eigenvalue weighted by atomic mass is 79.9. The number of rotatable bonds is 3. The quantitative estimate of drug-likeness (QED) is 0.727. The van der Waals surface area contributed by atoms with E-state index in [4.69, 9.17) is 0 Å². The first-order valence-corrected chi connectivity index (χ1v) is 4.50. The summed E-state index contributed by atoms with van der Waals surface area (Å²) < 4.78 is 2.58. The zero-order valence-electron chi connectivity index (χ0n) is 6.66. The van der Waals surface area contributed by atoms with E-state index in [1.165, 1.54) is 0 Å². The number of hydrogen-bond acceptors (Lipinski definition) is 1. The number of aryl methyl sites for hydroxylation is 1. The molecule has 1 aromatic heterocycles. The van der Waals surface area contributed by atoms with Crippen molar-refractivity contribution in [2.24, 2.45) is 0 Å². The van der Waals surface area contributed by atoms with E-state index in [-0.39, 0.29) is 5.56 Å². The van der Waals surface area contributed by atoms with Gasteiger partial charge in [0.1, 0.15) is 0 Å². The van der Waals surface area contributed by atoms with Crippen LogP contribution in [0.3, 0.4) is 0 Å².